The number of alkyl halides is 6. The van der Waals surface area contributed by atoms with Gasteiger partial charge in [-0.2, -0.15) is 41.3 Å². The lowest BCUT2D eigenvalue weighted by Gasteiger charge is -2.13. The smallest absolute Gasteiger partial charge is 0.422 e. The summed E-state index contributed by atoms with van der Waals surface area (Å²) in [5.41, 5.74) is -0.507. The van der Waals surface area contributed by atoms with Crippen LogP contribution in [0.1, 0.15) is 15.9 Å². The summed E-state index contributed by atoms with van der Waals surface area (Å²) < 4.78 is 81.5. The third kappa shape index (κ3) is 6.56. The summed E-state index contributed by atoms with van der Waals surface area (Å²) in [6.45, 7) is -1.70. The van der Waals surface area contributed by atoms with Gasteiger partial charge in [0, 0.05) is 30.9 Å². The highest BCUT2D eigenvalue weighted by atomic mass is 19.4. The predicted octanol–water partition coefficient (Wildman–Crippen LogP) is 4.94. The van der Waals surface area contributed by atoms with Crippen LogP contribution in [-0.2, 0) is 6.18 Å². The van der Waals surface area contributed by atoms with E-state index in [2.05, 4.69) is 25.0 Å². The number of rotatable bonds is 6. The highest BCUT2D eigenvalue weighted by molar-refractivity contribution is 5.94. The number of aromatic nitrogens is 3. The predicted molar refractivity (Wildman–Crippen MR) is 110 cm³/mol. The van der Waals surface area contributed by atoms with E-state index in [9.17, 15) is 31.1 Å². The fourth-order valence-corrected chi connectivity index (χ4v) is 2.70. The number of carbonyl (C=O) groups is 1. The quantitative estimate of drug-likeness (QED) is 0.498. The zero-order chi connectivity index (χ0) is 25.1. The molecule has 0 unspecified atom stereocenters. The van der Waals surface area contributed by atoms with Crippen LogP contribution in [0.5, 0.6) is 6.01 Å². The lowest BCUT2D eigenvalue weighted by molar-refractivity contribution is -0.154. The molecule has 0 bridgehead atoms. The topological polar surface area (TPSA) is 80.2 Å². The molecule has 3 rings (SSSR count). The van der Waals surface area contributed by atoms with Crippen LogP contribution in [0.3, 0.4) is 0 Å². The van der Waals surface area contributed by atoms with Crippen molar-refractivity contribution in [3.8, 4) is 17.4 Å². The number of carbonyl (C=O) groups excluding carboxylic acids is 1. The van der Waals surface area contributed by atoms with Crippen molar-refractivity contribution in [1.82, 2.24) is 19.9 Å². The maximum Gasteiger partial charge on any atom is 0.422 e. The van der Waals surface area contributed by atoms with Gasteiger partial charge in [-0.1, -0.05) is 18.2 Å². The van der Waals surface area contributed by atoms with Crippen molar-refractivity contribution in [3.63, 3.8) is 0 Å². The van der Waals surface area contributed by atoms with Crippen molar-refractivity contribution in [2.45, 2.75) is 12.4 Å². The van der Waals surface area contributed by atoms with E-state index in [4.69, 9.17) is 0 Å². The second kappa shape index (κ2) is 9.53. The van der Waals surface area contributed by atoms with Crippen LogP contribution in [0.25, 0.3) is 11.4 Å². The number of hydrogen-bond donors (Lipinski definition) is 1. The minimum absolute atomic E-state index is 0.0646. The van der Waals surface area contributed by atoms with Gasteiger partial charge in [0.1, 0.15) is 0 Å². The number of benzene rings is 2. The number of hydrogen-bond acceptors (Lipinski definition) is 6. The maximum absolute atomic E-state index is 13.0. The monoisotopic (exact) mass is 485 g/mol. The van der Waals surface area contributed by atoms with Crippen LogP contribution in [0.4, 0.5) is 38.0 Å². The maximum atomic E-state index is 13.0. The third-order valence-corrected chi connectivity index (χ3v) is 4.20. The minimum atomic E-state index is -4.68. The van der Waals surface area contributed by atoms with Gasteiger partial charge in [0.05, 0.1) is 5.56 Å². The third-order valence-electron chi connectivity index (χ3n) is 4.20. The summed E-state index contributed by atoms with van der Waals surface area (Å²) >= 11 is 0. The van der Waals surface area contributed by atoms with Gasteiger partial charge in [-0.05, 0) is 30.3 Å². The molecule has 0 aliphatic rings. The normalized spacial score (nSPS) is 11.8. The second-order valence-electron chi connectivity index (χ2n) is 7.15. The molecule has 0 atom stereocenters. The molecular formula is C21H17F6N5O2. The Morgan fingerprint density at radius 3 is 2.32 bits per heavy atom. The molecule has 180 valence electrons. The van der Waals surface area contributed by atoms with Gasteiger partial charge < -0.3 is 15.0 Å². The Bertz CT molecular complexity index is 1180. The van der Waals surface area contributed by atoms with Crippen LogP contribution >= 0.6 is 0 Å². The number of nitrogens with zero attached hydrogens (tertiary/aromatic N) is 4. The van der Waals surface area contributed by atoms with E-state index in [1.807, 2.05) is 0 Å². The van der Waals surface area contributed by atoms with Crippen molar-refractivity contribution in [3.05, 3.63) is 59.7 Å². The number of nitrogens with one attached hydrogen (secondary N) is 1. The molecule has 1 N–H and O–H groups in total. The van der Waals surface area contributed by atoms with E-state index in [-0.39, 0.29) is 34.5 Å². The van der Waals surface area contributed by atoms with Crippen molar-refractivity contribution in [2.24, 2.45) is 0 Å². The minimum Gasteiger partial charge on any atom is -0.454 e. The van der Waals surface area contributed by atoms with Crippen LogP contribution in [0, 0.1) is 0 Å². The Morgan fingerprint density at radius 2 is 1.68 bits per heavy atom. The summed E-state index contributed by atoms with van der Waals surface area (Å²) in [6.07, 6.45) is -9.29. The van der Waals surface area contributed by atoms with Crippen molar-refractivity contribution in [1.29, 1.82) is 0 Å². The van der Waals surface area contributed by atoms with Crippen LogP contribution in [-0.4, -0.2) is 52.6 Å². The Hall–Kier alpha value is -3.90. The molecule has 13 heteroatoms. The van der Waals surface area contributed by atoms with Gasteiger partial charge in [0.25, 0.3) is 5.91 Å². The largest absolute Gasteiger partial charge is 0.454 e. The second-order valence-corrected chi connectivity index (χ2v) is 7.15. The van der Waals surface area contributed by atoms with Crippen LogP contribution in [0.2, 0.25) is 0 Å². The summed E-state index contributed by atoms with van der Waals surface area (Å²) in [5.74, 6) is -0.854. The first kappa shape index (κ1) is 24.7. The SMILES string of the molecule is CN(C)C(=O)c1cccc(-c2nc(Nc3cccc(C(F)(F)F)c3)nc(OCC(F)(F)F)n2)c1. The van der Waals surface area contributed by atoms with Gasteiger partial charge in [0.2, 0.25) is 5.95 Å². The van der Waals surface area contributed by atoms with Gasteiger partial charge in [-0.25, -0.2) is 0 Å². The average Bonchev–Trinajstić information content (AvgIpc) is 2.76. The van der Waals surface area contributed by atoms with Crippen LogP contribution in [0.15, 0.2) is 48.5 Å². The average molecular weight is 485 g/mol. The van der Waals surface area contributed by atoms with E-state index in [1.54, 1.807) is 0 Å². The molecule has 3 aromatic rings. The molecule has 1 aromatic heterocycles. The number of halogens is 6. The fraction of sp³-hybridized carbons (Fsp3) is 0.238. The fourth-order valence-electron chi connectivity index (χ4n) is 2.70. The molecule has 0 spiro atoms. The lowest BCUT2D eigenvalue weighted by atomic mass is 10.1. The Kier molecular flexibility index (Phi) is 6.93. The summed E-state index contributed by atoms with van der Waals surface area (Å²) in [6, 6.07) is 9.34. The van der Waals surface area contributed by atoms with E-state index in [0.29, 0.717) is 0 Å². The molecule has 7 nitrogen and oxygen atoms in total. The van der Waals surface area contributed by atoms with Crippen molar-refractivity contribution < 1.29 is 35.9 Å². The Morgan fingerprint density at radius 1 is 0.971 bits per heavy atom. The Labute approximate surface area is 189 Å². The van der Waals surface area contributed by atoms with Gasteiger partial charge in [-0.15, -0.1) is 0 Å². The first-order valence-electron chi connectivity index (χ1n) is 9.54. The first-order chi connectivity index (χ1) is 15.8. The zero-order valence-electron chi connectivity index (χ0n) is 17.7. The van der Waals surface area contributed by atoms with Gasteiger partial charge >= 0.3 is 18.4 Å². The Balaban J connectivity index is 2.01. The van der Waals surface area contributed by atoms with E-state index >= 15 is 0 Å². The van der Waals surface area contributed by atoms with Gasteiger partial charge in [0.15, 0.2) is 12.4 Å². The molecular weight excluding hydrogens is 468 g/mol. The summed E-state index contributed by atoms with van der Waals surface area (Å²) in [4.78, 5) is 25.2. The molecule has 1 amide bonds. The zero-order valence-corrected chi connectivity index (χ0v) is 17.7. The number of amides is 1. The molecule has 0 saturated heterocycles. The summed E-state index contributed by atoms with van der Waals surface area (Å²) in [7, 11) is 3.08. The van der Waals surface area contributed by atoms with Crippen molar-refractivity contribution in [2.75, 3.05) is 26.0 Å². The molecule has 0 aliphatic heterocycles. The number of anilines is 2. The summed E-state index contributed by atoms with van der Waals surface area (Å²) in [5, 5.41) is 2.52. The van der Waals surface area contributed by atoms with Gasteiger partial charge in [-0.3, -0.25) is 4.79 Å². The van der Waals surface area contributed by atoms with E-state index in [1.165, 1.54) is 49.3 Å². The standard InChI is InChI=1S/C21H17F6N5O2/c1-32(2)17(33)13-6-3-5-12(9-13)16-29-18(31-19(30-16)34-11-20(22,23)24)28-15-8-4-7-14(10-15)21(25,26)27/h3-10H,11H2,1-2H3,(H,28,29,30,31). The molecule has 1 heterocycles. The lowest BCUT2D eigenvalue weighted by Crippen LogP contribution is -2.21. The molecule has 2 aromatic carbocycles. The highest BCUT2D eigenvalue weighted by Gasteiger charge is 2.31. The van der Waals surface area contributed by atoms with Crippen LogP contribution < -0.4 is 10.1 Å². The van der Waals surface area contributed by atoms with Crippen molar-refractivity contribution >= 4 is 17.5 Å². The van der Waals surface area contributed by atoms with E-state index < -0.39 is 30.5 Å². The number of ether oxygens (including phenoxy) is 1. The molecule has 0 aliphatic carbocycles. The highest BCUT2D eigenvalue weighted by Crippen LogP contribution is 2.31. The molecule has 0 fully saturated rings. The molecule has 0 radical (unpaired) electrons. The first-order valence-corrected chi connectivity index (χ1v) is 9.54. The van der Waals surface area contributed by atoms with E-state index in [0.717, 1.165) is 18.2 Å². The molecule has 0 saturated carbocycles. The molecule has 34 heavy (non-hydrogen) atoms.